The van der Waals surface area contributed by atoms with Gasteiger partial charge in [0.05, 0.1) is 0 Å². The van der Waals surface area contributed by atoms with Crippen molar-refractivity contribution >= 4 is 36.1 Å². The Labute approximate surface area is 153 Å². The molecule has 1 aromatic carbocycles. The van der Waals surface area contributed by atoms with Crippen molar-refractivity contribution in [3.05, 3.63) is 34.3 Å². The molecule has 1 atom stereocenters. The maximum atomic E-state index is 12.2. The van der Waals surface area contributed by atoms with Gasteiger partial charge < -0.3 is 14.8 Å². The monoisotopic (exact) mass is 415 g/mol. The van der Waals surface area contributed by atoms with E-state index in [-0.39, 0.29) is 11.5 Å². The highest BCUT2D eigenvalue weighted by Crippen LogP contribution is 2.36. The first-order valence-corrected chi connectivity index (χ1v) is 11.6. The fourth-order valence-electron chi connectivity index (χ4n) is 1.78. The van der Waals surface area contributed by atoms with E-state index in [0.29, 0.717) is 12.2 Å². The van der Waals surface area contributed by atoms with E-state index in [9.17, 15) is 14.7 Å². The van der Waals surface area contributed by atoms with Crippen LogP contribution in [0.5, 0.6) is 0 Å². The standard InChI is InChI=1S/C17H26BrNO4Si/c1-17(2,3)24(4,5)23-10-9-14(16(21)22)19-15(20)12-7-6-8-13(18)11-12/h6-8,11,14H,9-10H2,1-5H3,(H,19,20)(H,21,22)/t14-/m1/s1. The number of aliphatic carboxylic acids is 1. The second kappa shape index (κ2) is 8.27. The van der Waals surface area contributed by atoms with Crippen molar-refractivity contribution in [3.8, 4) is 0 Å². The lowest BCUT2D eigenvalue weighted by atomic mass is 10.1. The lowest BCUT2D eigenvalue weighted by molar-refractivity contribution is -0.139. The molecule has 0 saturated carbocycles. The minimum Gasteiger partial charge on any atom is -0.480 e. The predicted molar refractivity (Wildman–Crippen MR) is 101 cm³/mol. The van der Waals surface area contributed by atoms with E-state index in [2.05, 4.69) is 55.1 Å². The van der Waals surface area contributed by atoms with Gasteiger partial charge in [0.2, 0.25) is 0 Å². The number of amides is 1. The zero-order valence-electron chi connectivity index (χ0n) is 14.9. The van der Waals surface area contributed by atoms with Gasteiger partial charge in [-0.25, -0.2) is 4.79 Å². The van der Waals surface area contributed by atoms with Crippen LogP contribution < -0.4 is 5.32 Å². The number of rotatable bonds is 7. The van der Waals surface area contributed by atoms with Gasteiger partial charge >= 0.3 is 5.97 Å². The number of hydrogen-bond acceptors (Lipinski definition) is 3. The normalized spacial score (nSPS) is 13.4. The van der Waals surface area contributed by atoms with E-state index in [1.54, 1.807) is 24.3 Å². The van der Waals surface area contributed by atoms with E-state index >= 15 is 0 Å². The number of halogens is 1. The van der Waals surface area contributed by atoms with Gasteiger partial charge in [0.25, 0.3) is 5.91 Å². The van der Waals surface area contributed by atoms with Crippen LogP contribution in [-0.4, -0.2) is 37.9 Å². The fourth-order valence-corrected chi connectivity index (χ4v) is 3.24. The molecule has 0 spiro atoms. The van der Waals surface area contributed by atoms with Crippen molar-refractivity contribution in [1.82, 2.24) is 5.32 Å². The van der Waals surface area contributed by atoms with Crippen LogP contribution in [0.2, 0.25) is 18.1 Å². The summed E-state index contributed by atoms with van der Waals surface area (Å²) in [6.07, 6.45) is 0.238. The van der Waals surface area contributed by atoms with Crippen molar-refractivity contribution in [1.29, 1.82) is 0 Å². The third kappa shape index (κ3) is 6.03. The second-order valence-electron chi connectivity index (χ2n) is 7.27. The first kappa shape index (κ1) is 20.9. The fraction of sp³-hybridized carbons (Fsp3) is 0.529. The smallest absolute Gasteiger partial charge is 0.326 e. The van der Waals surface area contributed by atoms with Crippen molar-refractivity contribution in [2.45, 2.75) is 51.4 Å². The average Bonchev–Trinajstić information content (AvgIpc) is 2.44. The van der Waals surface area contributed by atoms with Crippen LogP contribution >= 0.6 is 15.9 Å². The minimum absolute atomic E-state index is 0.0608. The summed E-state index contributed by atoms with van der Waals surface area (Å²) >= 11 is 3.30. The Hall–Kier alpha value is -1.18. The first-order valence-electron chi connectivity index (χ1n) is 7.87. The maximum Gasteiger partial charge on any atom is 0.326 e. The number of carboxylic acid groups (broad SMARTS) is 1. The minimum atomic E-state index is -1.93. The summed E-state index contributed by atoms with van der Waals surface area (Å²) in [5.41, 5.74) is 0.418. The summed E-state index contributed by atoms with van der Waals surface area (Å²) in [5, 5.41) is 12.0. The van der Waals surface area contributed by atoms with Crippen molar-refractivity contribution in [2.75, 3.05) is 6.61 Å². The van der Waals surface area contributed by atoms with Gasteiger partial charge in [-0.3, -0.25) is 4.79 Å². The largest absolute Gasteiger partial charge is 0.480 e. The van der Waals surface area contributed by atoms with Crippen LogP contribution in [0.15, 0.2) is 28.7 Å². The zero-order chi connectivity index (χ0) is 18.5. The summed E-state index contributed by atoms with van der Waals surface area (Å²) in [5.74, 6) is -1.46. The van der Waals surface area contributed by atoms with Crippen LogP contribution in [0.4, 0.5) is 0 Å². The molecule has 5 nitrogen and oxygen atoms in total. The van der Waals surface area contributed by atoms with Crippen molar-refractivity contribution < 1.29 is 19.1 Å². The molecule has 0 aromatic heterocycles. The highest BCUT2D eigenvalue weighted by atomic mass is 79.9. The number of carbonyl (C=O) groups excluding carboxylic acids is 1. The zero-order valence-corrected chi connectivity index (χ0v) is 17.4. The molecule has 1 rings (SSSR count). The number of nitrogens with one attached hydrogen (secondary N) is 1. The topological polar surface area (TPSA) is 75.6 Å². The molecule has 24 heavy (non-hydrogen) atoms. The van der Waals surface area contributed by atoms with Crippen LogP contribution in [0.25, 0.3) is 0 Å². The molecule has 0 heterocycles. The summed E-state index contributed by atoms with van der Waals surface area (Å²) < 4.78 is 6.76. The molecular weight excluding hydrogens is 390 g/mol. The SMILES string of the molecule is CC(C)(C)[Si](C)(C)OCC[C@@H](NC(=O)c1cccc(Br)c1)C(=O)O. The Kier molecular flexibility index (Phi) is 7.19. The third-order valence-corrected chi connectivity index (χ3v) is 9.40. The summed E-state index contributed by atoms with van der Waals surface area (Å²) in [4.78, 5) is 23.6. The number of carboxylic acids is 1. The molecular formula is C17H26BrNO4Si. The molecule has 1 aromatic rings. The van der Waals surface area contributed by atoms with Gasteiger partial charge in [-0.1, -0.05) is 42.8 Å². The molecule has 2 N–H and O–H groups in total. The van der Waals surface area contributed by atoms with Gasteiger partial charge in [-0.05, 0) is 36.3 Å². The predicted octanol–water partition coefficient (Wildman–Crippen LogP) is 4.04. The lowest BCUT2D eigenvalue weighted by Crippen LogP contribution is -2.44. The molecule has 0 saturated heterocycles. The van der Waals surface area contributed by atoms with Crippen LogP contribution in [0, 0.1) is 0 Å². The first-order chi connectivity index (χ1) is 10.9. The number of benzene rings is 1. The Bertz CT molecular complexity index is 598. The Balaban J connectivity index is 2.65. The quantitative estimate of drug-likeness (QED) is 0.658. The summed E-state index contributed by atoms with van der Waals surface area (Å²) in [6, 6.07) is 5.86. The molecule has 0 radical (unpaired) electrons. The Morgan fingerprint density at radius 3 is 2.46 bits per heavy atom. The molecule has 134 valence electrons. The van der Waals surface area contributed by atoms with Gasteiger partial charge in [0.1, 0.15) is 6.04 Å². The second-order valence-corrected chi connectivity index (χ2v) is 13.0. The summed E-state index contributed by atoms with van der Waals surface area (Å²) in [7, 11) is -1.93. The lowest BCUT2D eigenvalue weighted by Gasteiger charge is -2.36. The van der Waals surface area contributed by atoms with E-state index in [1.165, 1.54) is 0 Å². The van der Waals surface area contributed by atoms with Crippen molar-refractivity contribution in [2.24, 2.45) is 0 Å². The van der Waals surface area contributed by atoms with Crippen molar-refractivity contribution in [3.63, 3.8) is 0 Å². The van der Waals surface area contributed by atoms with Crippen LogP contribution in [-0.2, 0) is 9.22 Å². The molecule has 7 heteroatoms. The molecule has 0 unspecified atom stereocenters. The van der Waals surface area contributed by atoms with E-state index in [0.717, 1.165) is 4.47 Å². The highest BCUT2D eigenvalue weighted by Gasteiger charge is 2.37. The van der Waals surface area contributed by atoms with E-state index < -0.39 is 26.2 Å². The van der Waals surface area contributed by atoms with E-state index in [4.69, 9.17) is 4.43 Å². The van der Waals surface area contributed by atoms with Crippen LogP contribution in [0.1, 0.15) is 37.6 Å². The van der Waals surface area contributed by atoms with Crippen LogP contribution in [0.3, 0.4) is 0 Å². The van der Waals surface area contributed by atoms with Gasteiger partial charge in [-0.15, -0.1) is 0 Å². The molecule has 0 fully saturated rings. The van der Waals surface area contributed by atoms with Gasteiger partial charge in [-0.2, -0.15) is 0 Å². The maximum absolute atomic E-state index is 12.2. The Morgan fingerprint density at radius 2 is 1.96 bits per heavy atom. The Morgan fingerprint density at radius 1 is 1.33 bits per heavy atom. The molecule has 0 aliphatic carbocycles. The number of hydrogen-bond donors (Lipinski definition) is 2. The molecule has 1 amide bonds. The van der Waals surface area contributed by atoms with Gasteiger partial charge in [0, 0.05) is 23.1 Å². The molecule has 0 aliphatic rings. The summed E-state index contributed by atoms with van der Waals surface area (Å²) in [6.45, 7) is 10.9. The third-order valence-electron chi connectivity index (χ3n) is 4.37. The number of carbonyl (C=O) groups is 2. The highest BCUT2D eigenvalue weighted by molar-refractivity contribution is 9.10. The van der Waals surface area contributed by atoms with E-state index in [1.807, 2.05) is 0 Å². The average molecular weight is 416 g/mol. The molecule has 0 bridgehead atoms. The molecule has 0 aliphatic heterocycles. The van der Waals surface area contributed by atoms with Gasteiger partial charge in [0.15, 0.2) is 8.32 Å².